The number of nitrogens with zero attached hydrogens (tertiary/aromatic N) is 3. The summed E-state index contributed by atoms with van der Waals surface area (Å²) in [5.74, 6) is 0. The van der Waals surface area contributed by atoms with E-state index in [0.717, 1.165) is 17.4 Å². The Bertz CT molecular complexity index is 627. The lowest BCUT2D eigenvalue weighted by Crippen LogP contribution is -2.52. The molecular formula is C10H16N4O4S2. The molecule has 0 spiro atoms. The first-order valence-electron chi connectivity index (χ1n) is 5.97. The van der Waals surface area contributed by atoms with Gasteiger partial charge in [-0.15, -0.1) is 0 Å². The molecule has 1 aromatic rings. The first-order chi connectivity index (χ1) is 9.23. The normalized spacial score (nSPS) is 22.0. The second kappa shape index (κ2) is 5.28. The average Bonchev–Trinajstić information content (AvgIpc) is 2.71. The first-order valence-corrected chi connectivity index (χ1v) is 8.23. The minimum atomic E-state index is -3.73. The number of hydrogen-bond donors (Lipinski definition) is 1. The molecule has 0 saturated carbocycles. The van der Waals surface area contributed by atoms with Crippen molar-refractivity contribution in [2.45, 2.75) is 17.2 Å². The number of nitrogen functional groups attached to an aromatic ring is 1. The minimum Gasteiger partial charge on any atom is -0.385 e. The fourth-order valence-electron chi connectivity index (χ4n) is 2.24. The summed E-state index contributed by atoms with van der Waals surface area (Å²) in [5, 5.41) is 10.7. The van der Waals surface area contributed by atoms with Crippen molar-refractivity contribution in [3.8, 4) is 0 Å². The largest absolute Gasteiger partial charge is 0.385 e. The molecule has 2 N–H and O–H groups in total. The zero-order chi connectivity index (χ0) is 15.1. The highest BCUT2D eigenvalue weighted by Crippen LogP contribution is 2.36. The van der Waals surface area contributed by atoms with Gasteiger partial charge >= 0.3 is 5.69 Å². The van der Waals surface area contributed by atoms with E-state index < -0.39 is 14.9 Å². The molecule has 8 nitrogen and oxygen atoms in total. The van der Waals surface area contributed by atoms with Gasteiger partial charge in [-0.2, -0.15) is 4.31 Å². The van der Waals surface area contributed by atoms with Crippen LogP contribution in [-0.4, -0.2) is 55.3 Å². The van der Waals surface area contributed by atoms with Crippen LogP contribution in [0.25, 0.3) is 0 Å². The molecular weight excluding hydrogens is 304 g/mol. The maximum atomic E-state index is 12.5. The molecule has 20 heavy (non-hydrogen) atoms. The molecule has 1 atom stereocenters. The lowest BCUT2D eigenvalue weighted by molar-refractivity contribution is -0.383. The van der Waals surface area contributed by atoms with Crippen LogP contribution in [0.15, 0.2) is 10.3 Å². The second-order valence-corrected chi connectivity index (χ2v) is 8.00. The van der Waals surface area contributed by atoms with Crippen LogP contribution in [0.1, 0.15) is 6.92 Å². The van der Waals surface area contributed by atoms with Crippen molar-refractivity contribution in [2.24, 2.45) is 0 Å². The third kappa shape index (κ3) is 2.64. The Balaban J connectivity index is 2.35. The van der Waals surface area contributed by atoms with E-state index in [1.54, 1.807) is 0 Å². The van der Waals surface area contributed by atoms with E-state index in [2.05, 4.69) is 0 Å². The third-order valence-electron chi connectivity index (χ3n) is 3.25. The van der Waals surface area contributed by atoms with Gasteiger partial charge in [-0.3, -0.25) is 10.1 Å². The summed E-state index contributed by atoms with van der Waals surface area (Å²) in [6.45, 7) is 3.44. The SMILES string of the molecule is CC1CN(C)CCN1S(=O)(=O)c1cc([N+](=O)[O-])c(N)s1. The summed E-state index contributed by atoms with van der Waals surface area (Å²) >= 11 is 0.739. The summed E-state index contributed by atoms with van der Waals surface area (Å²) < 4.78 is 26.4. The molecule has 2 rings (SSSR count). The fraction of sp³-hybridized carbons (Fsp3) is 0.600. The number of nitrogens with two attached hydrogens (primary N) is 1. The van der Waals surface area contributed by atoms with Crippen molar-refractivity contribution < 1.29 is 13.3 Å². The van der Waals surface area contributed by atoms with Gasteiger partial charge in [0, 0.05) is 31.7 Å². The first kappa shape index (κ1) is 15.2. The van der Waals surface area contributed by atoms with Crippen LogP contribution in [-0.2, 0) is 10.0 Å². The van der Waals surface area contributed by atoms with Gasteiger partial charge in [-0.25, -0.2) is 8.42 Å². The van der Waals surface area contributed by atoms with Gasteiger partial charge < -0.3 is 10.6 Å². The zero-order valence-electron chi connectivity index (χ0n) is 11.1. The van der Waals surface area contributed by atoms with Crippen molar-refractivity contribution in [1.29, 1.82) is 0 Å². The van der Waals surface area contributed by atoms with E-state index in [-0.39, 0.29) is 20.9 Å². The molecule has 0 bridgehead atoms. The monoisotopic (exact) mass is 320 g/mol. The van der Waals surface area contributed by atoms with Gasteiger partial charge in [0.05, 0.1) is 4.92 Å². The van der Waals surface area contributed by atoms with Crippen LogP contribution in [0.4, 0.5) is 10.7 Å². The molecule has 1 aromatic heterocycles. The number of likely N-dealkylation sites (N-methyl/N-ethyl adjacent to an activating group) is 1. The number of sulfonamides is 1. The zero-order valence-corrected chi connectivity index (χ0v) is 12.8. The van der Waals surface area contributed by atoms with Crippen molar-refractivity contribution >= 4 is 32.0 Å². The smallest absolute Gasteiger partial charge is 0.304 e. The van der Waals surface area contributed by atoms with Crippen molar-refractivity contribution in [2.75, 3.05) is 32.4 Å². The Morgan fingerprint density at radius 1 is 1.50 bits per heavy atom. The Kier molecular flexibility index (Phi) is 4.00. The number of nitro groups is 1. The van der Waals surface area contributed by atoms with E-state index in [4.69, 9.17) is 5.73 Å². The lowest BCUT2D eigenvalue weighted by atomic mass is 10.2. The summed E-state index contributed by atoms with van der Waals surface area (Å²) in [6.07, 6.45) is 0. The molecule has 1 saturated heterocycles. The number of thiophene rings is 1. The van der Waals surface area contributed by atoms with Crippen LogP contribution in [0, 0.1) is 10.1 Å². The molecule has 2 heterocycles. The maximum absolute atomic E-state index is 12.5. The van der Waals surface area contributed by atoms with Crippen LogP contribution in [0.5, 0.6) is 0 Å². The van der Waals surface area contributed by atoms with Crippen LogP contribution in [0.2, 0.25) is 0 Å². The molecule has 0 aromatic carbocycles. The van der Waals surface area contributed by atoms with E-state index in [1.807, 2.05) is 18.9 Å². The summed E-state index contributed by atoms with van der Waals surface area (Å²) in [4.78, 5) is 12.1. The minimum absolute atomic E-state index is 0.0712. The van der Waals surface area contributed by atoms with Gasteiger partial charge in [0.2, 0.25) is 0 Å². The molecule has 1 unspecified atom stereocenters. The quantitative estimate of drug-likeness (QED) is 0.644. The number of rotatable bonds is 3. The summed E-state index contributed by atoms with van der Waals surface area (Å²) in [7, 11) is -1.80. The summed E-state index contributed by atoms with van der Waals surface area (Å²) in [5.41, 5.74) is 5.16. The molecule has 112 valence electrons. The molecule has 1 aliphatic rings. The molecule has 1 aliphatic heterocycles. The molecule has 1 fully saturated rings. The summed E-state index contributed by atoms with van der Waals surface area (Å²) in [6, 6.07) is 0.863. The molecule has 10 heteroatoms. The number of anilines is 1. The lowest BCUT2D eigenvalue weighted by Gasteiger charge is -2.36. The van der Waals surface area contributed by atoms with Gasteiger partial charge in [0.15, 0.2) is 5.00 Å². The van der Waals surface area contributed by atoms with Crippen LogP contribution >= 0.6 is 11.3 Å². The highest BCUT2D eigenvalue weighted by Gasteiger charge is 2.35. The fourth-order valence-corrected chi connectivity index (χ4v) is 5.20. The second-order valence-electron chi connectivity index (χ2n) is 4.80. The Hall–Kier alpha value is -1.23. The number of piperazine rings is 1. The average molecular weight is 320 g/mol. The topological polar surface area (TPSA) is 110 Å². The Morgan fingerprint density at radius 3 is 2.65 bits per heavy atom. The predicted octanol–water partition coefficient (Wildman–Crippen LogP) is 0.563. The van der Waals surface area contributed by atoms with Crippen molar-refractivity contribution in [3.63, 3.8) is 0 Å². The van der Waals surface area contributed by atoms with Crippen LogP contribution < -0.4 is 5.73 Å². The molecule has 0 radical (unpaired) electrons. The van der Waals surface area contributed by atoms with Crippen molar-refractivity contribution in [3.05, 3.63) is 16.2 Å². The molecule has 0 amide bonds. The standard InChI is InChI=1S/C10H16N4O4S2/c1-7-6-12(2)3-4-13(7)20(17,18)9-5-8(14(15)16)10(11)19-9/h5,7H,3-4,6,11H2,1-2H3. The number of hydrogen-bond acceptors (Lipinski definition) is 7. The van der Waals surface area contributed by atoms with Crippen molar-refractivity contribution in [1.82, 2.24) is 9.21 Å². The highest BCUT2D eigenvalue weighted by atomic mass is 32.2. The maximum Gasteiger partial charge on any atom is 0.304 e. The Morgan fingerprint density at radius 2 is 2.15 bits per heavy atom. The van der Waals surface area contributed by atoms with Gasteiger partial charge in [-0.05, 0) is 14.0 Å². The Labute approximate surface area is 121 Å². The van der Waals surface area contributed by atoms with Gasteiger partial charge in [0.1, 0.15) is 4.21 Å². The van der Waals surface area contributed by atoms with Gasteiger partial charge in [0.25, 0.3) is 10.0 Å². The van der Waals surface area contributed by atoms with E-state index in [9.17, 15) is 18.5 Å². The molecule has 0 aliphatic carbocycles. The van der Waals surface area contributed by atoms with E-state index >= 15 is 0 Å². The van der Waals surface area contributed by atoms with Gasteiger partial charge in [-0.1, -0.05) is 11.3 Å². The van der Waals surface area contributed by atoms with E-state index in [0.29, 0.717) is 19.6 Å². The third-order valence-corrected chi connectivity index (χ3v) is 6.66. The van der Waals surface area contributed by atoms with E-state index in [1.165, 1.54) is 4.31 Å². The highest BCUT2D eigenvalue weighted by molar-refractivity contribution is 7.91. The predicted molar refractivity (Wildman–Crippen MR) is 76.2 cm³/mol. The van der Waals surface area contributed by atoms with Crippen LogP contribution in [0.3, 0.4) is 0 Å².